The molecule has 2 unspecified atom stereocenters. The number of aromatic carboxylic acids is 1. The maximum atomic E-state index is 12.7. The largest absolute Gasteiger partial charge is 0.478 e. The van der Waals surface area contributed by atoms with Gasteiger partial charge in [0.05, 0.1) is 24.5 Å². The summed E-state index contributed by atoms with van der Waals surface area (Å²) >= 11 is 0. The molecule has 1 heterocycles. The molecule has 0 aromatic heterocycles. The van der Waals surface area contributed by atoms with Crippen molar-refractivity contribution in [3.05, 3.63) is 35.4 Å². The van der Waals surface area contributed by atoms with Crippen LogP contribution in [0.15, 0.2) is 24.3 Å². The summed E-state index contributed by atoms with van der Waals surface area (Å²) in [7, 11) is 1.58. The lowest BCUT2D eigenvalue weighted by atomic mass is 9.92. The van der Waals surface area contributed by atoms with Gasteiger partial charge in [0.1, 0.15) is 0 Å². The van der Waals surface area contributed by atoms with E-state index in [4.69, 9.17) is 9.84 Å². The molecule has 1 aliphatic heterocycles. The van der Waals surface area contributed by atoms with E-state index < -0.39 is 5.97 Å². The molecule has 2 N–H and O–H groups in total. The number of ether oxygens (including phenoxy) is 1. The molecule has 0 bridgehead atoms. The van der Waals surface area contributed by atoms with Crippen molar-refractivity contribution in [2.45, 2.75) is 32.2 Å². The minimum absolute atomic E-state index is 0.0559. The van der Waals surface area contributed by atoms with Crippen molar-refractivity contribution < 1.29 is 24.2 Å². The van der Waals surface area contributed by atoms with E-state index >= 15 is 0 Å². The number of amides is 2. The SMILES string of the molecule is COCCNC(=O)C1CCC(C)N(C(=O)Cc2cccc(C(=O)O)c2)C1. The number of methoxy groups -OCH3 is 1. The molecule has 0 radical (unpaired) electrons. The number of benzene rings is 1. The molecule has 2 amide bonds. The van der Waals surface area contributed by atoms with Crippen LogP contribution in [0.5, 0.6) is 0 Å². The van der Waals surface area contributed by atoms with E-state index in [9.17, 15) is 14.4 Å². The number of carboxylic acids is 1. The molecule has 0 saturated carbocycles. The van der Waals surface area contributed by atoms with Gasteiger partial charge in [-0.05, 0) is 37.5 Å². The second-order valence-electron chi connectivity index (χ2n) is 6.64. The molecular weight excluding hydrogens is 336 g/mol. The minimum Gasteiger partial charge on any atom is -0.478 e. The van der Waals surface area contributed by atoms with Gasteiger partial charge in [0.15, 0.2) is 0 Å². The Morgan fingerprint density at radius 1 is 1.31 bits per heavy atom. The van der Waals surface area contributed by atoms with E-state index in [1.165, 1.54) is 12.1 Å². The van der Waals surface area contributed by atoms with E-state index in [2.05, 4.69) is 5.32 Å². The fourth-order valence-electron chi connectivity index (χ4n) is 3.18. The molecule has 2 atom stereocenters. The van der Waals surface area contributed by atoms with Gasteiger partial charge in [-0.15, -0.1) is 0 Å². The zero-order valence-corrected chi connectivity index (χ0v) is 15.2. The Morgan fingerprint density at radius 3 is 2.77 bits per heavy atom. The van der Waals surface area contributed by atoms with E-state index in [-0.39, 0.29) is 35.8 Å². The van der Waals surface area contributed by atoms with Crippen molar-refractivity contribution in [1.82, 2.24) is 10.2 Å². The third kappa shape index (κ3) is 5.29. The molecule has 7 nitrogen and oxygen atoms in total. The van der Waals surface area contributed by atoms with Crippen LogP contribution in [0.3, 0.4) is 0 Å². The molecule has 1 aromatic rings. The van der Waals surface area contributed by atoms with E-state index in [1.807, 2.05) is 6.92 Å². The Bertz CT molecular complexity index is 661. The van der Waals surface area contributed by atoms with Crippen LogP contribution in [0.25, 0.3) is 0 Å². The first-order valence-electron chi connectivity index (χ1n) is 8.80. The number of carbonyl (C=O) groups is 3. The van der Waals surface area contributed by atoms with Crippen LogP contribution in [0, 0.1) is 5.92 Å². The molecule has 0 aliphatic carbocycles. The summed E-state index contributed by atoms with van der Waals surface area (Å²) in [4.78, 5) is 37.8. The number of carbonyl (C=O) groups excluding carboxylic acids is 2. The molecule has 1 aliphatic rings. The fraction of sp³-hybridized carbons (Fsp3) is 0.526. The highest BCUT2D eigenvalue weighted by Gasteiger charge is 2.32. The van der Waals surface area contributed by atoms with Crippen LogP contribution >= 0.6 is 0 Å². The van der Waals surface area contributed by atoms with Gasteiger partial charge in [-0.2, -0.15) is 0 Å². The lowest BCUT2D eigenvalue weighted by molar-refractivity contribution is -0.137. The van der Waals surface area contributed by atoms with Crippen molar-refractivity contribution in [2.24, 2.45) is 5.92 Å². The highest BCUT2D eigenvalue weighted by molar-refractivity contribution is 5.88. The molecule has 0 spiro atoms. The number of nitrogens with one attached hydrogen (secondary N) is 1. The van der Waals surface area contributed by atoms with E-state index in [0.717, 1.165) is 12.8 Å². The van der Waals surface area contributed by atoms with Crippen molar-refractivity contribution >= 4 is 17.8 Å². The van der Waals surface area contributed by atoms with Crippen molar-refractivity contribution in [3.8, 4) is 0 Å². The molecule has 26 heavy (non-hydrogen) atoms. The first-order valence-corrected chi connectivity index (χ1v) is 8.80. The van der Waals surface area contributed by atoms with Crippen LogP contribution < -0.4 is 5.32 Å². The second-order valence-corrected chi connectivity index (χ2v) is 6.64. The Balaban J connectivity index is 1.99. The second kappa shape index (κ2) is 9.33. The van der Waals surface area contributed by atoms with Crippen LogP contribution in [0.4, 0.5) is 0 Å². The summed E-state index contributed by atoms with van der Waals surface area (Å²) in [6.45, 7) is 3.27. The zero-order valence-electron chi connectivity index (χ0n) is 15.2. The highest BCUT2D eigenvalue weighted by atomic mass is 16.5. The Hall–Kier alpha value is -2.41. The van der Waals surface area contributed by atoms with Crippen LogP contribution in [-0.4, -0.2) is 60.6 Å². The highest BCUT2D eigenvalue weighted by Crippen LogP contribution is 2.23. The number of piperidine rings is 1. The van der Waals surface area contributed by atoms with Crippen LogP contribution in [0.1, 0.15) is 35.7 Å². The average molecular weight is 362 g/mol. The summed E-state index contributed by atoms with van der Waals surface area (Å²) in [6.07, 6.45) is 1.64. The molecule has 7 heteroatoms. The summed E-state index contributed by atoms with van der Waals surface area (Å²) in [5.74, 6) is -1.38. The quantitative estimate of drug-likeness (QED) is 0.713. The topological polar surface area (TPSA) is 95.9 Å². The molecular formula is C19H26N2O5. The Morgan fingerprint density at radius 2 is 2.08 bits per heavy atom. The summed E-state index contributed by atoms with van der Waals surface area (Å²) in [6, 6.07) is 6.46. The van der Waals surface area contributed by atoms with Gasteiger partial charge in [0.25, 0.3) is 0 Å². The van der Waals surface area contributed by atoms with Crippen molar-refractivity contribution in [2.75, 3.05) is 26.8 Å². The molecule has 142 valence electrons. The van der Waals surface area contributed by atoms with Gasteiger partial charge in [0, 0.05) is 26.2 Å². The van der Waals surface area contributed by atoms with Crippen molar-refractivity contribution in [1.29, 1.82) is 0 Å². The number of rotatable bonds is 7. The van der Waals surface area contributed by atoms with Gasteiger partial charge in [0.2, 0.25) is 11.8 Å². The normalized spacial score (nSPS) is 19.8. The Kier molecular flexibility index (Phi) is 7.15. The van der Waals surface area contributed by atoms with Gasteiger partial charge < -0.3 is 20.1 Å². The average Bonchev–Trinajstić information content (AvgIpc) is 2.62. The van der Waals surface area contributed by atoms with E-state index in [0.29, 0.717) is 25.3 Å². The Labute approximate surface area is 153 Å². The van der Waals surface area contributed by atoms with Gasteiger partial charge >= 0.3 is 5.97 Å². The summed E-state index contributed by atoms with van der Waals surface area (Å²) in [5.41, 5.74) is 0.825. The summed E-state index contributed by atoms with van der Waals surface area (Å²) < 4.78 is 4.93. The predicted octanol–water partition coefficient (Wildman–Crippen LogP) is 1.32. The third-order valence-electron chi connectivity index (χ3n) is 4.71. The fourth-order valence-corrected chi connectivity index (χ4v) is 3.18. The first kappa shape index (κ1) is 19.9. The minimum atomic E-state index is -1.02. The number of hydrogen-bond donors (Lipinski definition) is 2. The molecule has 2 rings (SSSR count). The first-order chi connectivity index (χ1) is 12.4. The molecule has 1 aromatic carbocycles. The standard InChI is InChI=1S/C19H26N2O5/c1-13-6-7-16(18(23)20-8-9-26-2)12-21(13)17(22)11-14-4-3-5-15(10-14)19(24)25/h3-5,10,13,16H,6-9,11-12H2,1-2H3,(H,20,23)(H,24,25). The number of carboxylic acid groups (broad SMARTS) is 1. The van der Waals surface area contributed by atoms with Crippen LogP contribution in [0.2, 0.25) is 0 Å². The van der Waals surface area contributed by atoms with Gasteiger partial charge in [-0.25, -0.2) is 4.79 Å². The lowest BCUT2D eigenvalue weighted by Crippen LogP contribution is -2.50. The monoisotopic (exact) mass is 362 g/mol. The number of likely N-dealkylation sites (tertiary alicyclic amines) is 1. The van der Waals surface area contributed by atoms with Gasteiger partial charge in [-0.3, -0.25) is 9.59 Å². The van der Waals surface area contributed by atoms with Crippen LogP contribution in [-0.2, 0) is 20.7 Å². The predicted molar refractivity (Wildman–Crippen MR) is 95.9 cm³/mol. The van der Waals surface area contributed by atoms with E-state index in [1.54, 1.807) is 24.1 Å². The smallest absolute Gasteiger partial charge is 0.335 e. The third-order valence-corrected chi connectivity index (χ3v) is 4.71. The number of nitrogens with zero attached hydrogens (tertiary/aromatic N) is 1. The maximum Gasteiger partial charge on any atom is 0.335 e. The molecule has 1 fully saturated rings. The molecule has 1 saturated heterocycles. The maximum absolute atomic E-state index is 12.7. The lowest BCUT2D eigenvalue weighted by Gasteiger charge is -2.37. The zero-order chi connectivity index (χ0) is 19.1. The van der Waals surface area contributed by atoms with Crippen molar-refractivity contribution in [3.63, 3.8) is 0 Å². The van der Waals surface area contributed by atoms with Gasteiger partial charge in [-0.1, -0.05) is 12.1 Å². The number of hydrogen-bond acceptors (Lipinski definition) is 4. The summed E-state index contributed by atoms with van der Waals surface area (Å²) in [5, 5.41) is 11.9.